The molecule has 1 aliphatic rings. The van der Waals surface area contributed by atoms with Crippen molar-refractivity contribution >= 4 is 45.9 Å². The van der Waals surface area contributed by atoms with E-state index in [2.05, 4.69) is 10.6 Å². The third-order valence-corrected chi connectivity index (χ3v) is 7.22. The Morgan fingerprint density at radius 3 is 2.49 bits per heavy atom. The molecule has 5 rings (SSSR count). The molecule has 1 heterocycles. The van der Waals surface area contributed by atoms with Gasteiger partial charge in [-0.3, -0.25) is 4.79 Å². The molecule has 3 aromatic carbocycles. The minimum Gasteiger partial charge on any atom is -0.496 e. The van der Waals surface area contributed by atoms with Crippen molar-refractivity contribution in [2.75, 3.05) is 17.7 Å². The second-order valence-corrected chi connectivity index (χ2v) is 9.91. The number of hydrogen-bond acceptors (Lipinski definition) is 6. The number of benzene rings is 3. The van der Waals surface area contributed by atoms with Gasteiger partial charge in [0.15, 0.2) is 0 Å². The molecule has 4 N–H and O–H groups in total. The van der Waals surface area contributed by atoms with Crippen LogP contribution in [-0.4, -0.2) is 29.0 Å². The van der Waals surface area contributed by atoms with Gasteiger partial charge in [-0.1, -0.05) is 35.9 Å². The van der Waals surface area contributed by atoms with Gasteiger partial charge in [-0.15, -0.1) is 0 Å². The van der Waals surface area contributed by atoms with Gasteiger partial charge in [-0.2, -0.15) is 4.98 Å². The van der Waals surface area contributed by atoms with Gasteiger partial charge in [0.2, 0.25) is 5.95 Å². The van der Waals surface area contributed by atoms with Crippen molar-refractivity contribution in [3.05, 3.63) is 82.9 Å². The van der Waals surface area contributed by atoms with Crippen LogP contribution in [0, 0.1) is 5.92 Å². The predicted octanol–water partition coefficient (Wildman–Crippen LogP) is 6.35. The number of ether oxygens (including phenoxy) is 1. The van der Waals surface area contributed by atoms with Crippen molar-refractivity contribution < 1.29 is 9.53 Å². The zero-order valence-corrected chi connectivity index (χ0v) is 21.5. The second kappa shape index (κ2) is 11.0. The number of halogens is 1. The number of methoxy groups -OCH3 is 1. The van der Waals surface area contributed by atoms with Gasteiger partial charge < -0.3 is 21.1 Å². The largest absolute Gasteiger partial charge is 0.496 e. The SMILES string of the molecule is COc1c(CC2CCC(Nc3nc(Nc4ccc(Cl)cc4)c4ccccc4n3)CC2)cccc1C(N)=O. The molecule has 0 aliphatic heterocycles. The third kappa shape index (κ3) is 5.78. The highest BCUT2D eigenvalue weighted by molar-refractivity contribution is 6.30. The highest BCUT2D eigenvalue weighted by Crippen LogP contribution is 2.33. The van der Waals surface area contributed by atoms with Crippen molar-refractivity contribution in [3.63, 3.8) is 0 Å². The second-order valence-electron chi connectivity index (χ2n) is 9.47. The van der Waals surface area contributed by atoms with Crippen LogP contribution in [0.3, 0.4) is 0 Å². The van der Waals surface area contributed by atoms with E-state index in [4.69, 9.17) is 32.0 Å². The molecule has 1 amide bonds. The van der Waals surface area contributed by atoms with E-state index in [1.54, 1.807) is 13.2 Å². The molecule has 0 saturated heterocycles. The van der Waals surface area contributed by atoms with E-state index >= 15 is 0 Å². The van der Waals surface area contributed by atoms with E-state index in [0.29, 0.717) is 34.2 Å². The Bertz CT molecular complexity index is 1400. The number of carbonyl (C=O) groups is 1. The Morgan fingerprint density at radius 1 is 1.00 bits per heavy atom. The lowest BCUT2D eigenvalue weighted by Crippen LogP contribution is -2.28. The lowest BCUT2D eigenvalue weighted by molar-refractivity contribution is 0.0997. The van der Waals surface area contributed by atoms with Crippen LogP contribution in [-0.2, 0) is 6.42 Å². The molecule has 8 heteroatoms. The number of anilines is 3. The van der Waals surface area contributed by atoms with Gasteiger partial charge in [-0.05, 0) is 86.1 Å². The van der Waals surface area contributed by atoms with Gasteiger partial charge in [0.05, 0.1) is 18.2 Å². The molecule has 4 aromatic rings. The van der Waals surface area contributed by atoms with E-state index in [-0.39, 0.29) is 0 Å². The summed E-state index contributed by atoms with van der Waals surface area (Å²) in [6.07, 6.45) is 5.01. The van der Waals surface area contributed by atoms with Crippen LogP contribution in [0.25, 0.3) is 10.9 Å². The standard InChI is InChI=1S/C29H30ClN5O2/c1-37-26-19(5-4-7-24(26)27(31)36)17-18-9-13-22(14-10-18)33-29-34-25-8-3-2-6-23(25)28(35-29)32-21-15-11-20(30)12-16-21/h2-8,11-12,15-16,18,22H,9-10,13-14,17H2,1H3,(H2,31,36)(H2,32,33,34,35). The Morgan fingerprint density at radius 2 is 1.76 bits per heavy atom. The fraction of sp³-hybridized carbons (Fsp3) is 0.276. The zero-order valence-electron chi connectivity index (χ0n) is 20.7. The van der Waals surface area contributed by atoms with Crippen LogP contribution in [0.15, 0.2) is 66.7 Å². The minimum absolute atomic E-state index is 0.291. The monoisotopic (exact) mass is 515 g/mol. The van der Waals surface area contributed by atoms with E-state index in [1.807, 2.05) is 60.7 Å². The molecule has 1 aliphatic carbocycles. The lowest BCUT2D eigenvalue weighted by Gasteiger charge is -2.29. The number of rotatable bonds is 8. The zero-order chi connectivity index (χ0) is 25.8. The number of fused-ring (bicyclic) bond motifs is 1. The molecule has 1 aromatic heterocycles. The van der Waals surface area contributed by atoms with Crippen LogP contribution in [0.5, 0.6) is 5.75 Å². The van der Waals surface area contributed by atoms with Crippen molar-refractivity contribution in [1.29, 1.82) is 0 Å². The number of hydrogen-bond donors (Lipinski definition) is 3. The minimum atomic E-state index is -0.466. The molecule has 0 spiro atoms. The first kappa shape index (κ1) is 24.8. The highest BCUT2D eigenvalue weighted by Gasteiger charge is 2.24. The summed E-state index contributed by atoms with van der Waals surface area (Å²) >= 11 is 6.05. The number of carbonyl (C=O) groups excluding carboxylic acids is 1. The summed E-state index contributed by atoms with van der Waals surface area (Å²) in [6.45, 7) is 0. The number of primary amides is 1. The summed E-state index contributed by atoms with van der Waals surface area (Å²) in [7, 11) is 1.59. The number of para-hydroxylation sites is 2. The number of nitrogens with zero attached hydrogens (tertiary/aromatic N) is 2. The van der Waals surface area contributed by atoms with Gasteiger partial charge in [0, 0.05) is 22.1 Å². The molecule has 7 nitrogen and oxygen atoms in total. The Balaban J connectivity index is 1.27. The number of nitrogens with one attached hydrogen (secondary N) is 2. The highest BCUT2D eigenvalue weighted by atomic mass is 35.5. The van der Waals surface area contributed by atoms with Crippen LogP contribution >= 0.6 is 11.6 Å². The normalized spacial score (nSPS) is 17.4. The smallest absolute Gasteiger partial charge is 0.252 e. The van der Waals surface area contributed by atoms with Crippen molar-refractivity contribution in [2.45, 2.75) is 38.1 Å². The molecular weight excluding hydrogens is 486 g/mol. The molecule has 1 fully saturated rings. The first-order valence-electron chi connectivity index (χ1n) is 12.5. The molecule has 0 radical (unpaired) electrons. The number of amides is 1. The maximum atomic E-state index is 11.8. The first-order chi connectivity index (χ1) is 18.0. The fourth-order valence-electron chi connectivity index (χ4n) is 5.09. The van der Waals surface area contributed by atoms with E-state index in [9.17, 15) is 4.79 Å². The maximum absolute atomic E-state index is 11.8. The summed E-state index contributed by atoms with van der Waals surface area (Å²) in [5, 5.41) is 8.63. The summed E-state index contributed by atoms with van der Waals surface area (Å²) in [4.78, 5) is 21.4. The number of nitrogens with two attached hydrogens (primary N) is 1. The van der Waals surface area contributed by atoms with E-state index < -0.39 is 5.91 Å². The Labute approximate surface area is 221 Å². The van der Waals surface area contributed by atoms with Crippen molar-refractivity contribution in [1.82, 2.24) is 9.97 Å². The van der Waals surface area contributed by atoms with Gasteiger partial charge in [0.25, 0.3) is 5.91 Å². The van der Waals surface area contributed by atoms with Gasteiger partial charge in [0.1, 0.15) is 11.6 Å². The van der Waals surface area contributed by atoms with Crippen LogP contribution in [0.2, 0.25) is 5.02 Å². The fourth-order valence-corrected chi connectivity index (χ4v) is 5.22. The van der Waals surface area contributed by atoms with Crippen molar-refractivity contribution in [2.24, 2.45) is 11.7 Å². The Hall–Kier alpha value is -3.84. The molecule has 190 valence electrons. The van der Waals surface area contributed by atoms with E-state index in [1.165, 1.54) is 0 Å². The van der Waals surface area contributed by atoms with Crippen LogP contribution in [0.1, 0.15) is 41.6 Å². The summed E-state index contributed by atoms with van der Waals surface area (Å²) in [5.74, 6) is 2.02. The summed E-state index contributed by atoms with van der Waals surface area (Å²) < 4.78 is 5.53. The average molecular weight is 516 g/mol. The Kier molecular flexibility index (Phi) is 7.42. The first-order valence-corrected chi connectivity index (χ1v) is 12.9. The van der Waals surface area contributed by atoms with Crippen LogP contribution in [0.4, 0.5) is 17.5 Å². The quantitative estimate of drug-likeness (QED) is 0.253. The average Bonchev–Trinajstić information content (AvgIpc) is 2.91. The third-order valence-electron chi connectivity index (χ3n) is 6.96. The molecule has 0 atom stereocenters. The lowest BCUT2D eigenvalue weighted by atomic mass is 9.82. The molecule has 0 bridgehead atoms. The topological polar surface area (TPSA) is 102 Å². The predicted molar refractivity (Wildman–Crippen MR) is 149 cm³/mol. The molecule has 0 unspecified atom stereocenters. The van der Waals surface area contributed by atoms with E-state index in [0.717, 1.165) is 60.1 Å². The molecule has 37 heavy (non-hydrogen) atoms. The maximum Gasteiger partial charge on any atom is 0.252 e. The molecular formula is C29H30ClN5O2. The summed E-state index contributed by atoms with van der Waals surface area (Å²) in [6, 6.07) is 21.5. The van der Waals surface area contributed by atoms with Gasteiger partial charge in [-0.25, -0.2) is 4.98 Å². The molecule has 1 saturated carbocycles. The van der Waals surface area contributed by atoms with Crippen LogP contribution < -0.4 is 21.1 Å². The summed E-state index contributed by atoms with van der Waals surface area (Å²) in [5.41, 5.74) is 8.79. The number of aromatic nitrogens is 2. The van der Waals surface area contributed by atoms with Crippen molar-refractivity contribution in [3.8, 4) is 5.75 Å². The van der Waals surface area contributed by atoms with Gasteiger partial charge >= 0.3 is 0 Å².